The molecule has 1 amide bonds. The molecule has 5 nitrogen and oxygen atoms in total. The molecule has 134 valence electrons. The molecule has 0 aromatic carbocycles. The van der Waals surface area contributed by atoms with Crippen molar-refractivity contribution in [2.45, 2.75) is 57.1 Å². The summed E-state index contributed by atoms with van der Waals surface area (Å²) in [4.78, 5) is 26.0. The first-order valence-electron chi connectivity index (χ1n) is 8.44. The van der Waals surface area contributed by atoms with E-state index in [0.29, 0.717) is 38.2 Å². The van der Waals surface area contributed by atoms with Gasteiger partial charge in [-0.25, -0.2) is 0 Å². The van der Waals surface area contributed by atoms with Gasteiger partial charge in [0.25, 0.3) is 0 Å². The summed E-state index contributed by atoms with van der Waals surface area (Å²) < 4.78 is 10.6. The normalized spacial score (nSPS) is 20.9. The number of rotatable bonds is 12. The van der Waals surface area contributed by atoms with Gasteiger partial charge in [-0.3, -0.25) is 9.59 Å². The first-order valence-corrected chi connectivity index (χ1v) is 9.83. The molecule has 0 aromatic rings. The molecule has 0 aromatic heterocycles. The molecule has 0 aliphatic carbocycles. The number of amides is 1. The van der Waals surface area contributed by atoms with Crippen LogP contribution < -0.4 is 0 Å². The summed E-state index contributed by atoms with van der Waals surface area (Å²) in [6, 6.07) is 0.116. The molecule has 0 saturated carbocycles. The highest BCUT2D eigenvalue weighted by Gasteiger charge is 2.34. The van der Waals surface area contributed by atoms with Gasteiger partial charge in [0.15, 0.2) is 0 Å². The Kier molecular flexibility index (Phi) is 10.6. The van der Waals surface area contributed by atoms with E-state index in [1.165, 1.54) is 0 Å². The first kappa shape index (κ1) is 20.5. The monoisotopic (exact) mass is 345 g/mol. The summed E-state index contributed by atoms with van der Waals surface area (Å²) in [5.41, 5.74) is 0. The maximum absolute atomic E-state index is 12.4. The third-order valence-electron chi connectivity index (χ3n) is 4.29. The highest BCUT2D eigenvalue weighted by atomic mass is 32.2. The zero-order valence-electron chi connectivity index (χ0n) is 14.7. The summed E-state index contributed by atoms with van der Waals surface area (Å²) in [6.07, 6.45) is 7.33. The number of ketones is 1. The van der Waals surface area contributed by atoms with E-state index in [9.17, 15) is 9.59 Å². The number of carbonyl (C=O) groups excluding carboxylic acids is 2. The van der Waals surface area contributed by atoms with E-state index >= 15 is 0 Å². The molecule has 0 bridgehead atoms. The fourth-order valence-corrected chi connectivity index (χ4v) is 3.41. The first-order chi connectivity index (χ1) is 11.1. The number of hydrogen-bond acceptors (Lipinski definition) is 5. The number of ether oxygens (including phenoxy) is 2. The van der Waals surface area contributed by atoms with Gasteiger partial charge < -0.3 is 14.4 Å². The van der Waals surface area contributed by atoms with Gasteiger partial charge >= 0.3 is 0 Å². The summed E-state index contributed by atoms with van der Waals surface area (Å²) in [5.74, 6) is 1.52. The third kappa shape index (κ3) is 7.68. The van der Waals surface area contributed by atoms with E-state index in [4.69, 9.17) is 9.47 Å². The zero-order chi connectivity index (χ0) is 17.1. The summed E-state index contributed by atoms with van der Waals surface area (Å²) >= 11 is 1.77. The van der Waals surface area contributed by atoms with Gasteiger partial charge in [-0.15, -0.1) is 0 Å². The SMILES string of the molecule is COC[C@H]1C[C@H](OC)CN1C(=O)CCCCC(=O)CCCSC. The van der Waals surface area contributed by atoms with Crippen LogP contribution >= 0.6 is 11.8 Å². The van der Waals surface area contributed by atoms with Gasteiger partial charge in [0.2, 0.25) is 5.91 Å². The molecule has 1 saturated heterocycles. The molecule has 0 unspecified atom stereocenters. The molecule has 2 atom stereocenters. The van der Waals surface area contributed by atoms with Crippen molar-refractivity contribution in [3.63, 3.8) is 0 Å². The molecule has 1 fully saturated rings. The van der Waals surface area contributed by atoms with E-state index in [-0.39, 0.29) is 18.1 Å². The van der Waals surface area contributed by atoms with E-state index in [1.807, 2.05) is 4.90 Å². The maximum Gasteiger partial charge on any atom is 0.222 e. The number of nitrogens with zero attached hydrogens (tertiary/aromatic N) is 1. The standard InChI is InChI=1S/C17H31NO4S/c1-21-13-14-11-16(22-2)12-18(14)17(20)9-5-4-7-15(19)8-6-10-23-3/h14,16H,4-13H2,1-3H3/t14-,16+/m1/s1. The van der Waals surface area contributed by atoms with Crippen LogP contribution in [-0.2, 0) is 19.1 Å². The molecule has 6 heteroatoms. The largest absolute Gasteiger partial charge is 0.383 e. The van der Waals surface area contributed by atoms with Gasteiger partial charge in [0, 0.05) is 40.0 Å². The number of thioether (sulfide) groups is 1. The quantitative estimate of drug-likeness (QED) is 0.509. The lowest BCUT2D eigenvalue weighted by Gasteiger charge is -2.23. The van der Waals surface area contributed by atoms with Crippen LogP contribution in [0, 0.1) is 0 Å². The molecule has 0 spiro atoms. The minimum Gasteiger partial charge on any atom is -0.383 e. The van der Waals surface area contributed by atoms with E-state index in [1.54, 1.807) is 26.0 Å². The molecule has 1 aliphatic rings. The molecular weight excluding hydrogens is 314 g/mol. The fourth-order valence-electron chi connectivity index (χ4n) is 2.98. The van der Waals surface area contributed by atoms with E-state index in [0.717, 1.165) is 31.4 Å². The van der Waals surface area contributed by atoms with E-state index in [2.05, 4.69) is 6.26 Å². The fraction of sp³-hybridized carbons (Fsp3) is 0.882. The topological polar surface area (TPSA) is 55.8 Å². The smallest absolute Gasteiger partial charge is 0.222 e. The Bertz CT molecular complexity index is 365. The predicted molar refractivity (Wildman–Crippen MR) is 93.9 cm³/mol. The summed E-state index contributed by atoms with van der Waals surface area (Å²) in [6.45, 7) is 1.20. The van der Waals surface area contributed by atoms with Gasteiger partial charge in [-0.2, -0.15) is 11.8 Å². The van der Waals surface area contributed by atoms with Gasteiger partial charge in [-0.1, -0.05) is 0 Å². The van der Waals surface area contributed by atoms with Crippen molar-refractivity contribution in [1.82, 2.24) is 4.90 Å². The van der Waals surface area contributed by atoms with Crippen molar-refractivity contribution in [1.29, 1.82) is 0 Å². The third-order valence-corrected chi connectivity index (χ3v) is 4.99. The molecule has 1 heterocycles. The zero-order valence-corrected chi connectivity index (χ0v) is 15.5. The van der Waals surface area contributed by atoms with Crippen molar-refractivity contribution in [2.75, 3.05) is 39.4 Å². The van der Waals surface area contributed by atoms with Crippen LogP contribution in [0.5, 0.6) is 0 Å². The molecule has 0 N–H and O–H groups in total. The van der Waals surface area contributed by atoms with Crippen molar-refractivity contribution in [2.24, 2.45) is 0 Å². The second-order valence-corrected chi connectivity index (χ2v) is 7.08. The molecular formula is C17H31NO4S. The highest BCUT2D eigenvalue weighted by molar-refractivity contribution is 7.98. The number of carbonyl (C=O) groups is 2. The lowest BCUT2D eigenvalue weighted by molar-refractivity contribution is -0.133. The Morgan fingerprint density at radius 1 is 1.13 bits per heavy atom. The Balaban J connectivity index is 2.23. The lowest BCUT2D eigenvalue weighted by Crippen LogP contribution is -2.38. The highest BCUT2D eigenvalue weighted by Crippen LogP contribution is 2.22. The van der Waals surface area contributed by atoms with Crippen molar-refractivity contribution in [3.05, 3.63) is 0 Å². The van der Waals surface area contributed by atoms with Gasteiger partial charge in [-0.05, 0) is 37.7 Å². The maximum atomic E-state index is 12.4. The second kappa shape index (κ2) is 11.9. The number of Topliss-reactive ketones (excluding diaryl/α,β-unsaturated/α-hetero) is 1. The van der Waals surface area contributed by atoms with Crippen LogP contribution in [0.4, 0.5) is 0 Å². The number of methoxy groups -OCH3 is 2. The van der Waals surface area contributed by atoms with Crippen LogP contribution in [0.1, 0.15) is 44.9 Å². The Morgan fingerprint density at radius 3 is 2.48 bits per heavy atom. The Hall–Kier alpha value is -0.590. The van der Waals surface area contributed by atoms with Crippen molar-refractivity contribution < 1.29 is 19.1 Å². The van der Waals surface area contributed by atoms with Gasteiger partial charge in [0.05, 0.1) is 18.8 Å². The predicted octanol–water partition coefficient (Wildman–Crippen LogP) is 2.52. The molecule has 1 rings (SSSR count). The van der Waals surface area contributed by atoms with Crippen LogP contribution in [0.2, 0.25) is 0 Å². The van der Waals surface area contributed by atoms with Crippen LogP contribution in [0.25, 0.3) is 0 Å². The van der Waals surface area contributed by atoms with Crippen LogP contribution in [-0.4, -0.2) is 68.1 Å². The molecule has 1 aliphatic heterocycles. The van der Waals surface area contributed by atoms with Crippen molar-refractivity contribution >= 4 is 23.5 Å². The van der Waals surface area contributed by atoms with Crippen molar-refractivity contribution in [3.8, 4) is 0 Å². The summed E-state index contributed by atoms with van der Waals surface area (Å²) in [7, 11) is 3.34. The Labute approximate surface area is 144 Å². The average molecular weight is 346 g/mol. The number of likely N-dealkylation sites (tertiary alicyclic amines) is 1. The lowest BCUT2D eigenvalue weighted by atomic mass is 10.1. The van der Waals surface area contributed by atoms with Crippen LogP contribution in [0.3, 0.4) is 0 Å². The minimum absolute atomic E-state index is 0.108. The number of hydrogen-bond donors (Lipinski definition) is 0. The molecule has 23 heavy (non-hydrogen) atoms. The minimum atomic E-state index is 0.108. The summed E-state index contributed by atoms with van der Waals surface area (Å²) in [5, 5.41) is 0. The number of unbranched alkanes of at least 4 members (excludes halogenated alkanes) is 1. The molecule has 0 radical (unpaired) electrons. The second-order valence-electron chi connectivity index (χ2n) is 6.09. The van der Waals surface area contributed by atoms with Crippen LogP contribution in [0.15, 0.2) is 0 Å². The van der Waals surface area contributed by atoms with E-state index < -0.39 is 0 Å². The average Bonchev–Trinajstić information content (AvgIpc) is 2.95. The van der Waals surface area contributed by atoms with Gasteiger partial charge in [0.1, 0.15) is 5.78 Å². The Morgan fingerprint density at radius 2 is 1.83 bits per heavy atom.